The molecule has 5 nitrogen and oxygen atoms in total. The van der Waals surface area contributed by atoms with Crippen molar-refractivity contribution >= 4 is 22.7 Å². The second kappa shape index (κ2) is 8.34. The molecule has 0 atom stereocenters. The molecule has 0 heterocycles. The Labute approximate surface area is 140 Å². The van der Waals surface area contributed by atoms with Crippen molar-refractivity contribution in [2.75, 3.05) is 6.61 Å². The summed E-state index contributed by atoms with van der Waals surface area (Å²) < 4.78 is 5.71. The fourth-order valence-corrected chi connectivity index (χ4v) is 2.60. The lowest BCUT2D eigenvalue weighted by Crippen LogP contribution is -2.23. The summed E-state index contributed by atoms with van der Waals surface area (Å²) in [4.78, 5) is 21.5. The summed E-state index contributed by atoms with van der Waals surface area (Å²) in [6.07, 6.45) is 2.21. The van der Waals surface area contributed by atoms with Crippen molar-refractivity contribution < 1.29 is 24.5 Å². The maximum Gasteiger partial charge on any atom is 0.317 e. The van der Waals surface area contributed by atoms with Crippen LogP contribution in [0.25, 0.3) is 10.8 Å². The zero-order chi connectivity index (χ0) is 17.5. The minimum atomic E-state index is -1.31. The first-order chi connectivity index (χ1) is 11.5. The van der Waals surface area contributed by atoms with E-state index in [9.17, 15) is 9.59 Å². The van der Waals surface area contributed by atoms with Crippen molar-refractivity contribution in [2.45, 2.75) is 32.6 Å². The molecule has 0 aliphatic rings. The average molecular weight is 330 g/mol. The molecule has 0 unspecified atom stereocenters. The van der Waals surface area contributed by atoms with Gasteiger partial charge in [-0.2, -0.15) is 0 Å². The molecular formula is C19H22O5. The van der Waals surface area contributed by atoms with Gasteiger partial charge in [0.25, 0.3) is 0 Å². The van der Waals surface area contributed by atoms with Gasteiger partial charge in [0.05, 0.1) is 6.61 Å². The fourth-order valence-electron chi connectivity index (χ4n) is 2.60. The molecule has 0 spiro atoms. The third kappa shape index (κ3) is 4.98. The Morgan fingerprint density at radius 3 is 2.33 bits per heavy atom. The van der Waals surface area contributed by atoms with Gasteiger partial charge in [-0.25, -0.2) is 0 Å². The molecule has 0 fully saturated rings. The number of fused-ring (bicyclic) bond motifs is 1. The molecule has 0 radical (unpaired) electrons. The van der Waals surface area contributed by atoms with Crippen LogP contribution in [-0.2, 0) is 9.59 Å². The van der Waals surface area contributed by atoms with E-state index in [-0.39, 0.29) is 6.42 Å². The van der Waals surface area contributed by atoms with Crippen LogP contribution in [0.5, 0.6) is 5.75 Å². The van der Waals surface area contributed by atoms with E-state index in [1.807, 2.05) is 18.2 Å². The van der Waals surface area contributed by atoms with E-state index in [2.05, 4.69) is 25.1 Å². The quantitative estimate of drug-likeness (QED) is 0.538. The minimum Gasteiger partial charge on any atom is -0.494 e. The first-order valence-corrected chi connectivity index (χ1v) is 8.06. The second-order valence-corrected chi connectivity index (χ2v) is 5.94. The zero-order valence-electron chi connectivity index (χ0n) is 13.7. The van der Waals surface area contributed by atoms with Crippen molar-refractivity contribution in [3.05, 3.63) is 42.0 Å². The zero-order valence-corrected chi connectivity index (χ0v) is 13.7. The van der Waals surface area contributed by atoms with Crippen molar-refractivity contribution in [1.29, 1.82) is 0 Å². The summed E-state index contributed by atoms with van der Waals surface area (Å²) in [5.41, 5.74) is 1.22. The average Bonchev–Trinajstić information content (AvgIpc) is 2.53. The highest BCUT2D eigenvalue weighted by molar-refractivity contribution is 5.92. The third-order valence-corrected chi connectivity index (χ3v) is 3.97. The van der Waals surface area contributed by atoms with Crippen LogP contribution >= 0.6 is 0 Å². The molecule has 5 heteroatoms. The number of carboxylic acid groups (broad SMARTS) is 2. The lowest BCUT2D eigenvalue weighted by molar-refractivity contribution is -0.154. The fraction of sp³-hybridized carbons (Fsp3) is 0.368. The summed E-state index contributed by atoms with van der Waals surface area (Å²) in [7, 11) is 0. The van der Waals surface area contributed by atoms with Gasteiger partial charge in [-0.1, -0.05) is 42.7 Å². The topological polar surface area (TPSA) is 83.8 Å². The standard InChI is InChI=1S/C19H22O5/c1-13-6-7-15-12-16(9-8-14(15)11-13)24-10-4-2-3-5-17(18(20)21)19(22)23/h6-9,11-12,17H,2-5,10H2,1H3,(H,20,21)(H,22,23). The normalized spacial score (nSPS) is 10.9. The van der Waals surface area contributed by atoms with Gasteiger partial charge in [0.2, 0.25) is 0 Å². The molecule has 0 aliphatic carbocycles. The number of aliphatic carboxylic acids is 2. The second-order valence-electron chi connectivity index (χ2n) is 5.94. The number of ether oxygens (including phenoxy) is 1. The Balaban J connectivity index is 1.73. The highest BCUT2D eigenvalue weighted by Crippen LogP contribution is 2.22. The minimum absolute atomic E-state index is 0.153. The Kier molecular flexibility index (Phi) is 6.18. The van der Waals surface area contributed by atoms with Crippen LogP contribution in [0.3, 0.4) is 0 Å². The third-order valence-electron chi connectivity index (χ3n) is 3.97. The number of unbranched alkanes of at least 4 members (excludes halogenated alkanes) is 2. The predicted molar refractivity (Wildman–Crippen MR) is 91.4 cm³/mol. The maximum absolute atomic E-state index is 10.8. The Morgan fingerprint density at radius 2 is 1.62 bits per heavy atom. The summed E-state index contributed by atoms with van der Waals surface area (Å²) in [5, 5.41) is 19.9. The predicted octanol–water partition coefficient (Wildman–Crippen LogP) is 3.87. The van der Waals surface area contributed by atoms with Crippen LogP contribution in [0, 0.1) is 12.8 Å². The summed E-state index contributed by atoms with van der Waals surface area (Å²) in [5.74, 6) is -3.05. The van der Waals surface area contributed by atoms with Gasteiger partial charge < -0.3 is 14.9 Å². The number of hydrogen-bond donors (Lipinski definition) is 2. The molecule has 24 heavy (non-hydrogen) atoms. The lowest BCUT2D eigenvalue weighted by atomic mass is 10.0. The Hall–Kier alpha value is -2.56. The molecule has 0 amide bonds. The number of rotatable bonds is 9. The Bertz CT molecular complexity index is 709. The van der Waals surface area contributed by atoms with Crippen molar-refractivity contribution in [3.63, 3.8) is 0 Å². The monoisotopic (exact) mass is 330 g/mol. The number of benzene rings is 2. The molecular weight excluding hydrogens is 308 g/mol. The highest BCUT2D eigenvalue weighted by atomic mass is 16.5. The van der Waals surface area contributed by atoms with Gasteiger partial charge >= 0.3 is 11.9 Å². The SMILES string of the molecule is Cc1ccc2cc(OCCCCCC(C(=O)O)C(=O)O)ccc2c1. The van der Waals surface area contributed by atoms with Crippen LogP contribution < -0.4 is 4.74 Å². The summed E-state index contributed by atoms with van der Waals surface area (Å²) >= 11 is 0. The van der Waals surface area contributed by atoms with Gasteiger partial charge in [0.15, 0.2) is 5.92 Å². The van der Waals surface area contributed by atoms with Crippen molar-refractivity contribution in [3.8, 4) is 5.75 Å². The van der Waals surface area contributed by atoms with Gasteiger partial charge in [-0.3, -0.25) is 9.59 Å². The van der Waals surface area contributed by atoms with E-state index in [0.29, 0.717) is 13.0 Å². The first kappa shape index (κ1) is 17.8. The number of aryl methyl sites for hydroxylation is 1. The maximum atomic E-state index is 10.8. The van der Waals surface area contributed by atoms with Gasteiger partial charge in [-0.05, 0) is 42.7 Å². The van der Waals surface area contributed by atoms with Crippen molar-refractivity contribution in [2.24, 2.45) is 5.92 Å². The van der Waals surface area contributed by atoms with E-state index in [0.717, 1.165) is 24.0 Å². The van der Waals surface area contributed by atoms with E-state index >= 15 is 0 Å². The van der Waals surface area contributed by atoms with Gasteiger partial charge in [0.1, 0.15) is 5.75 Å². The number of carbonyl (C=O) groups is 2. The number of carboxylic acids is 2. The van der Waals surface area contributed by atoms with E-state index in [4.69, 9.17) is 14.9 Å². The largest absolute Gasteiger partial charge is 0.494 e. The summed E-state index contributed by atoms with van der Waals surface area (Å²) in [6.45, 7) is 2.59. The highest BCUT2D eigenvalue weighted by Gasteiger charge is 2.24. The molecule has 0 saturated heterocycles. The van der Waals surface area contributed by atoms with E-state index < -0.39 is 17.9 Å². The van der Waals surface area contributed by atoms with E-state index in [1.165, 1.54) is 10.9 Å². The molecule has 0 bridgehead atoms. The van der Waals surface area contributed by atoms with Crippen LogP contribution in [0.1, 0.15) is 31.2 Å². The van der Waals surface area contributed by atoms with Crippen LogP contribution in [0.15, 0.2) is 36.4 Å². The first-order valence-electron chi connectivity index (χ1n) is 8.06. The van der Waals surface area contributed by atoms with Crippen LogP contribution in [0.4, 0.5) is 0 Å². The van der Waals surface area contributed by atoms with Crippen LogP contribution in [-0.4, -0.2) is 28.8 Å². The molecule has 128 valence electrons. The van der Waals surface area contributed by atoms with Gasteiger partial charge in [-0.15, -0.1) is 0 Å². The Morgan fingerprint density at radius 1 is 0.958 bits per heavy atom. The molecule has 2 N–H and O–H groups in total. The molecule has 2 rings (SSSR count). The van der Waals surface area contributed by atoms with Gasteiger partial charge in [0, 0.05) is 0 Å². The van der Waals surface area contributed by atoms with E-state index in [1.54, 1.807) is 0 Å². The van der Waals surface area contributed by atoms with Crippen molar-refractivity contribution in [1.82, 2.24) is 0 Å². The number of hydrogen-bond acceptors (Lipinski definition) is 3. The summed E-state index contributed by atoms with van der Waals surface area (Å²) in [6, 6.07) is 12.2. The smallest absolute Gasteiger partial charge is 0.317 e. The lowest BCUT2D eigenvalue weighted by Gasteiger charge is -2.09. The van der Waals surface area contributed by atoms with Crippen LogP contribution in [0.2, 0.25) is 0 Å². The molecule has 2 aromatic carbocycles. The molecule has 0 saturated carbocycles. The molecule has 0 aliphatic heterocycles. The molecule has 2 aromatic rings. The molecule has 0 aromatic heterocycles.